The maximum atomic E-state index is 10.3. The van der Waals surface area contributed by atoms with Crippen molar-refractivity contribution >= 4 is 34.3 Å². The van der Waals surface area contributed by atoms with E-state index in [0.717, 1.165) is 17.7 Å². The summed E-state index contributed by atoms with van der Waals surface area (Å²) >= 11 is 7.47. The van der Waals surface area contributed by atoms with Crippen molar-refractivity contribution in [1.29, 1.82) is 5.41 Å². The zero-order valence-corrected chi connectivity index (χ0v) is 14.6. The Morgan fingerprint density at radius 2 is 2.26 bits per heavy atom. The Labute approximate surface area is 144 Å². The quantitative estimate of drug-likeness (QED) is 0.833. The molecule has 0 aliphatic carbocycles. The Hall–Kier alpha value is -1.85. The number of aliphatic hydroxyl groups is 1. The van der Waals surface area contributed by atoms with E-state index in [0.29, 0.717) is 28.0 Å². The number of aliphatic hydroxyl groups excluding tert-OH is 1. The number of hydrogen-bond donors (Lipinski definition) is 2. The van der Waals surface area contributed by atoms with Crippen molar-refractivity contribution in [1.82, 2.24) is 9.88 Å². The predicted molar refractivity (Wildman–Crippen MR) is 96.3 cm³/mol. The van der Waals surface area contributed by atoms with E-state index in [1.54, 1.807) is 0 Å². The fourth-order valence-electron chi connectivity index (χ4n) is 2.59. The second kappa shape index (κ2) is 6.34. The number of benzene rings is 1. The molecule has 0 spiro atoms. The van der Waals surface area contributed by atoms with Crippen LogP contribution in [0.15, 0.2) is 35.4 Å². The highest BCUT2D eigenvalue weighted by molar-refractivity contribution is 7.11. The lowest BCUT2D eigenvalue weighted by atomic mass is 10.2. The summed E-state index contributed by atoms with van der Waals surface area (Å²) in [6.45, 7) is 4.52. The van der Waals surface area contributed by atoms with Crippen LogP contribution < -0.4 is 0 Å². The lowest BCUT2D eigenvalue weighted by Crippen LogP contribution is -2.34. The molecule has 2 heterocycles. The molecule has 4 nitrogen and oxygen atoms in total. The molecule has 1 aromatic heterocycles. The molecular weight excluding hydrogens is 330 g/mol. The number of aromatic nitrogens is 1. The van der Waals surface area contributed by atoms with Gasteiger partial charge in [-0.3, -0.25) is 5.41 Å². The molecule has 0 radical (unpaired) electrons. The number of nitrogens with one attached hydrogen (secondary N) is 1. The molecular formula is C17H18ClN3OS. The monoisotopic (exact) mass is 347 g/mol. The molecule has 3 rings (SSSR count). The van der Waals surface area contributed by atoms with E-state index in [1.807, 2.05) is 34.5 Å². The summed E-state index contributed by atoms with van der Waals surface area (Å²) in [5.74, 6) is 0.575. The van der Waals surface area contributed by atoms with Crippen LogP contribution in [0.25, 0.3) is 16.8 Å². The van der Waals surface area contributed by atoms with Crippen LogP contribution in [0.3, 0.4) is 0 Å². The van der Waals surface area contributed by atoms with Crippen LogP contribution in [0.4, 0.5) is 0 Å². The van der Waals surface area contributed by atoms with Crippen LogP contribution in [-0.4, -0.2) is 33.4 Å². The fourth-order valence-corrected chi connectivity index (χ4v) is 3.68. The molecule has 0 bridgehead atoms. The molecule has 23 heavy (non-hydrogen) atoms. The molecule has 2 aromatic rings. The first-order chi connectivity index (χ1) is 11.0. The second-order valence-corrected chi connectivity index (χ2v) is 6.90. The average Bonchev–Trinajstić information content (AvgIpc) is 3.11. The highest BCUT2D eigenvalue weighted by atomic mass is 35.5. The number of rotatable bonds is 4. The molecule has 1 aromatic carbocycles. The van der Waals surface area contributed by atoms with Gasteiger partial charge in [0.05, 0.1) is 17.8 Å². The van der Waals surface area contributed by atoms with Crippen molar-refractivity contribution in [2.45, 2.75) is 26.3 Å². The summed E-state index contributed by atoms with van der Waals surface area (Å²) in [5, 5.41) is 21.9. The maximum absolute atomic E-state index is 10.3. The zero-order chi connectivity index (χ0) is 16.6. The third kappa shape index (κ3) is 2.99. The fraction of sp³-hybridized carbons (Fsp3) is 0.294. The highest BCUT2D eigenvalue weighted by Gasteiger charge is 2.32. The molecule has 1 aliphatic rings. The summed E-state index contributed by atoms with van der Waals surface area (Å²) in [6.07, 6.45) is 0.925. The van der Waals surface area contributed by atoms with Crippen LogP contribution in [0.5, 0.6) is 0 Å². The average molecular weight is 348 g/mol. The van der Waals surface area contributed by atoms with E-state index in [4.69, 9.17) is 17.0 Å². The Morgan fingerprint density at radius 3 is 2.96 bits per heavy atom. The van der Waals surface area contributed by atoms with Crippen LogP contribution in [0.2, 0.25) is 5.02 Å². The summed E-state index contributed by atoms with van der Waals surface area (Å²) < 4.78 is 0. The SMILES string of the molecule is CC[C@@H](C)N1CC(O)=C(c2nc(-c3cccc(Cl)c3)cs2)C1=N. The standard InChI is InChI=1S/C17H18ClN3OS/c1-3-10(2)21-8-14(22)15(16(21)19)17-20-13(9-23-17)11-5-4-6-12(18)7-11/h4-7,9-10,19,22H,3,8H2,1-2H3/t10-/m1/s1. The molecule has 2 N–H and O–H groups in total. The van der Waals surface area contributed by atoms with E-state index in [-0.39, 0.29) is 11.8 Å². The number of halogens is 1. The van der Waals surface area contributed by atoms with Gasteiger partial charge in [0.1, 0.15) is 16.6 Å². The lowest BCUT2D eigenvalue weighted by molar-refractivity contribution is 0.301. The van der Waals surface area contributed by atoms with Crippen LogP contribution in [0.1, 0.15) is 25.3 Å². The van der Waals surface area contributed by atoms with E-state index >= 15 is 0 Å². The summed E-state index contributed by atoms with van der Waals surface area (Å²) in [6, 6.07) is 7.73. The van der Waals surface area contributed by atoms with Crippen molar-refractivity contribution in [2.24, 2.45) is 0 Å². The molecule has 1 atom stereocenters. The Morgan fingerprint density at radius 1 is 1.48 bits per heavy atom. The molecule has 0 saturated heterocycles. The van der Waals surface area contributed by atoms with Crippen molar-refractivity contribution in [3.63, 3.8) is 0 Å². The van der Waals surface area contributed by atoms with Crippen LogP contribution in [0, 0.1) is 5.41 Å². The van der Waals surface area contributed by atoms with Gasteiger partial charge in [-0.2, -0.15) is 0 Å². The first-order valence-corrected chi connectivity index (χ1v) is 8.76. The molecule has 0 fully saturated rings. The van der Waals surface area contributed by atoms with Crippen LogP contribution >= 0.6 is 22.9 Å². The zero-order valence-electron chi connectivity index (χ0n) is 13.0. The Bertz CT molecular complexity index is 784. The van der Waals surface area contributed by atoms with E-state index < -0.39 is 0 Å². The van der Waals surface area contributed by atoms with Crippen LogP contribution in [-0.2, 0) is 0 Å². The van der Waals surface area contributed by atoms with Gasteiger partial charge in [0.15, 0.2) is 0 Å². The highest BCUT2D eigenvalue weighted by Crippen LogP contribution is 2.33. The largest absolute Gasteiger partial charge is 0.510 e. The third-order valence-electron chi connectivity index (χ3n) is 4.09. The Kier molecular flexibility index (Phi) is 4.41. The van der Waals surface area contributed by atoms with Gasteiger partial charge in [0, 0.05) is 22.0 Å². The molecule has 120 valence electrons. The van der Waals surface area contributed by atoms with Gasteiger partial charge in [0.2, 0.25) is 0 Å². The van der Waals surface area contributed by atoms with Gasteiger partial charge < -0.3 is 10.0 Å². The molecule has 1 aliphatic heterocycles. The van der Waals surface area contributed by atoms with E-state index in [2.05, 4.69) is 18.8 Å². The van der Waals surface area contributed by atoms with Crippen molar-refractivity contribution in [3.8, 4) is 11.3 Å². The first kappa shape index (κ1) is 16.0. The van der Waals surface area contributed by atoms with Crippen molar-refractivity contribution < 1.29 is 5.11 Å². The minimum Gasteiger partial charge on any atom is -0.510 e. The minimum absolute atomic E-state index is 0.217. The van der Waals surface area contributed by atoms with Gasteiger partial charge in [-0.05, 0) is 25.5 Å². The molecule has 0 amide bonds. The van der Waals surface area contributed by atoms with Gasteiger partial charge >= 0.3 is 0 Å². The number of hydrogen-bond acceptors (Lipinski definition) is 4. The Balaban J connectivity index is 1.91. The van der Waals surface area contributed by atoms with E-state index in [1.165, 1.54) is 11.3 Å². The minimum atomic E-state index is 0.217. The maximum Gasteiger partial charge on any atom is 0.135 e. The van der Waals surface area contributed by atoms with Gasteiger partial charge in [-0.15, -0.1) is 11.3 Å². The second-order valence-electron chi connectivity index (χ2n) is 5.60. The predicted octanol–water partition coefficient (Wildman–Crippen LogP) is 4.82. The third-order valence-corrected chi connectivity index (χ3v) is 5.19. The topological polar surface area (TPSA) is 60.2 Å². The summed E-state index contributed by atoms with van der Waals surface area (Å²) in [4.78, 5) is 6.51. The lowest BCUT2D eigenvalue weighted by Gasteiger charge is -2.25. The molecule has 0 unspecified atom stereocenters. The number of thiazole rings is 1. The first-order valence-electron chi connectivity index (χ1n) is 7.50. The normalized spacial score (nSPS) is 16.3. The van der Waals surface area contributed by atoms with Gasteiger partial charge in [-0.1, -0.05) is 30.7 Å². The molecule has 6 heteroatoms. The summed E-state index contributed by atoms with van der Waals surface area (Å²) in [5.41, 5.74) is 2.29. The van der Waals surface area contributed by atoms with Gasteiger partial charge in [-0.25, -0.2) is 4.98 Å². The summed E-state index contributed by atoms with van der Waals surface area (Å²) in [7, 11) is 0. The number of nitrogens with zero attached hydrogens (tertiary/aromatic N) is 2. The molecule has 0 saturated carbocycles. The van der Waals surface area contributed by atoms with Crippen molar-refractivity contribution in [3.05, 3.63) is 45.4 Å². The van der Waals surface area contributed by atoms with Crippen molar-refractivity contribution in [2.75, 3.05) is 6.54 Å². The smallest absolute Gasteiger partial charge is 0.135 e. The number of amidine groups is 1. The van der Waals surface area contributed by atoms with E-state index in [9.17, 15) is 5.11 Å². The van der Waals surface area contributed by atoms with Gasteiger partial charge in [0.25, 0.3) is 0 Å².